The van der Waals surface area contributed by atoms with Gasteiger partial charge in [-0.1, -0.05) is 78.7 Å². The molecule has 6 rings (SSSR count). The Morgan fingerprint density at radius 2 is 1.42 bits per heavy atom. The minimum absolute atomic E-state index is 0.0258. The van der Waals surface area contributed by atoms with E-state index in [1.165, 1.54) is 0 Å². The second-order valence-corrected chi connectivity index (χ2v) is 15.3. The molecule has 4 aromatic rings. The third-order valence-corrected chi connectivity index (χ3v) is 10.1. The Balaban J connectivity index is 1.07. The molecular weight excluding hydrogens is 693 g/mol. The van der Waals surface area contributed by atoms with Crippen LogP contribution in [0.3, 0.4) is 0 Å². The zero-order valence-corrected chi connectivity index (χ0v) is 32.2. The molecule has 3 N–H and O–H groups in total. The first-order chi connectivity index (χ1) is 26.4. The number of likely N-dealkylation sites (tertiary alicyclic amines) is 2. The van der Waals surface area contributed by atoms with Gasteiger partial charge in [0.15, 0.2) is 0 Å². The first kappa shape index (κ1) is 38.8. The van der Waals surface area contributed by atoms with E-state index in [9.17, 15) is 19.2 Å². The van der Waals surface area contributed by atoms with Crippen LogP contribution in [0.25, 0.3) is 0 Å². The molecule has 3 heterocycles. The number of imidazole rings is 1. The van der Waals surface area contributed by atoms with Crippen molar-refractivity contribution in [2.45, 2.75) is 96.0 Å². The summed E-state index contributed by atoms with van der Waals surface area (Å²) in [4.78, 5) is 64.9. The third kappa shape index (κ3) is 9.62. The summed E-state index contributed by atoms with van der Waals surface area (Å²) in [5.41, 5.74) is 3.23. The van der Waals surface area contributed by atoms with Crippen molar-refractivity contribution in [3.63, 3.8) is 0 Å². The van der Waals surface area contributed by atoms with Crippen LogP contribution in [0.2, 0.25) is 0 Å². The number of amides is 4. The van der Waals surface area contributed by atoms with Crippen molar-refractivity contribution < 1.29 is 23.9 Å². The van der Waals surface area contributed by atoms with Gasteiger partial charge in [-0.2, -0.15) is 0 Å². The average Bonchev–Trinajstić information content (AvgIpc) is 3.97. The van der Waals surface area contributed by atoms with Gasteiger partial charge in [0, 0.05) is 18.7 Å². The summed E-state index contributed by atoms with van der Waals surface area (Å²) >= 11 is 0. The highest BCUT2D eigenvalue weighted by Gasteiger charge is 2.38. The Morgan fingerprint density at radius 1 is 0.782 bits per heavy atom. The number of benzene rings is 3. The van der Waals surface area contributed by atoms with Crippen molar-refractivity contribution in [1.29, 1.82) is 0 Å². The second kappa shape index (κ2) is 17.1. The normalized spacial score (nSPS) is 18.4. The van der Waals surface area contributed by atoms with Gasteiger partial charge in [0.1, 0.15) is 29.2 Å². The summed E-state index contributed by atoms with van der Waals surface area (Å²) in [6, 6.07) is 24.6. The van der Waals surface area contributed by atoms with Crippen LogP contribution in [0.5, 0.6) is 0 Å². The van der Waals surface area contributed by atoms with Crippen LogP contribution in [0.4, 0.5) is 4.79 Å². The van der Waals surface area contributed by atoms with E-state index in [4.69, 9.17) is 4.74 Å². The number of carbonyl (C=O) groups excluding carboxylic acids is 4. The lowest BCUT2D eigenvalue weighted by molar-refractivity contribution is -0.139. The molecule has 2 aliphatic rings. The topological polar surface area (TPSA) is 137 Å². The highest BCUT2D eigenvalue weighted by molar-refractivity contribution is 5.91. The fourth-order valence-corrected chi connectivity index (χ4v) is 7.23. The zero-order chi connectivity index (χ0) is 39.1. The maximum atomic E-state index is 14.0. The molecule has 0 radical (unpaired) electrons. The van der Waals surface area contributed by atoms with Crippen LogP contribution in [0.1, 0.15) is 118 Å². The summed E-state index contributed by atoms with van der Waals surface area (Å²) in [6.07, 6.45) is 3.96. The molecule has 3 aromatic carbocycles. The number of hydrogen-bond donors (Lipinski definition) is 3. The van der Waals surface area contributed by atoms with Crippen molar-refractivity contribution in [1.82, 2.24) is 30.4 Å². The minimum atomic E-state index is -0.916. The largest absolute Gasteiger partial charge is 0.444 e. The molecular formula is C44H50N6O5. The Hall–Kier alpha value is -5.89. The molecule has 4 amide bonds. The fourth-order valence-electron chi connectivity index (χ4n) is 7.23. The molecule has 0 aliphatic carbocycles. The van der Waals surface area contributed by atoms with Crippen molar-refractivity contribution in [3.05, 3.63) is 125 Å². The van der Waals surface area contributed by atoms with E-state index in [1.807, 2.05) is 98.8 Å². The van der Waals surface area contributed by atoms with Gasteiger partial charge in [-0.25, -0.2) is 9.78 Å². The molecule has 286 valence electrons. The van der Waals surface area contributed by atoms with E-state index in [-0.39, 0.29) is 35.7 Å². The first-order valence-corrected chi connectivity index (χ1v) is 19.1. The highest BCUT2D eigenvalue weighted by Crippen LogP contribution is 2.33. The molecule has 2 saturated heterocycles. The molecule has 2 aliphatic heterocycles. The molecule has 1 aromatic heterocycles. The molecule has 2 fully saturated rings. The van der Waals surface area contributed by atoms with Crippen LogP contribution in [0, 0.1) is 11.8 Å². The van der Waals surface area contributed by atoms with Gasteiger partial charge in [0.25, 0.3) is 5.91 Å². The number of alkyl carbamates (subject to hydrolysis) is 1. The first-order valence-electron chi connectivity index (χ1n) is 19.1. The predicted molar refractivity (Wildman–Crippen MR) is 209 cm³/mol. The number of carbonyl (C=O) groups is 4. The van der Waals surface area contributed by atoms with Crippen LogP contribution < -0.4 is 10.6 Å². The van der Waals surface area contributed by atoms with Gasteiger partial charge in [-0.3, -0.25) is 14.4 Å². The van der Waals surface area contributed by atoms with Crippen LogP contribution in [-0.2, 0) is 19.1 Å². The number of aromatic amines is 1. The lowest BCUT2D eigenvalue weighted by Gasteiger charge is -2.29. The SMILES string of the molecule is C[C@@H](NC(=O)[C@@H]1CCCN1C(=O)[C@H](C)c1ccccc1)c1ccc(C#Cc2cnc([C@@H]3CCCN3C(=O)[C@H](NC(=O)OC(C)(C)C)c3ccccc3)[nH]2)cc1. The highest BCUT2D eigenvalue weighted by atomic mass is 16.6. The van der Waals surface area contributed by atoms with E-state index in [0.717, 1.165) is 36.0 Å². The van der Waals surface area contributed by atoms with Gasteiger partial charge in [0.05, 0.1) is 24.2 Å². The lowest BCUT2D eigenvalue weighted by Crippen LogP contribution is -2.47. The predicted octanol–water partition coefficient (Wildman–Crippen LogP) is 6.71. The molecule has 0 bridgehead atoms. The number of ether oxygens (including phenoxy) is 1. The molecule has 11 heteroatoms. The Morgan fingerprint density at radius 3 is 2.09 bits per heavy atom. The summed E-state index contributed by atoms with van der Waals surface area (Å²) < 4.78 is 5.48. The van der Waals surface area contributed by atoms with Gasteiger partial charge < -0.3 is 30.2 Å². The van der Waals surface area contributed by atoms with Crippen LogP contribution in [0.15, 0.2) is 91.1 Å². The smallest absolute Gasteiger partial charge is 0.408 e. The molecule has 0 unspecified atom stereocenters. The van der Waals surface area contributed by atoms with Crippen LogP contribution >= 0.6 is 0 Å². The number of H-pyrrole nitrogens is 1. The zero-order valence-electron chi connectivity index (χ0n) is 32.2. The van der Waals surface area contributed by atoms with Crippen molar-refractivity contribution in [2.24, 2.45) is 0 Å². The van der Waals surface area contributed by atoms with Gasteiger partial charge >= 0.3 is 6.09 Å². The van der Waals surface area contributed by atoms with E-state index in [1.54, 1.807) is 36.8 Å². The quantitative estimate of drug-likeness (QED) is 0.163. The Labute approximate surface area is 323 Å². The summed E-state index contributed by atoms with van der Waals surface area (Å²) in [6.45, 7) is 10.3. The molecule has 5 atom stereocenters. The fraction of sp³-hybridized carbons (Fsp3) is 0.386. The lowest BCUT2D eigenvalue weighted by atomic mass is 9.99. The average molecular weight is 743 g/mol. The van der Waals surface area contributed by atoms with Crippen molar-refractivity contribution >= 4 is 23.8 Å². The van der Waals surface area contributed by atoms with Crippen LogP contribution in [-0.4, -0.2) is 68.3 Å². The maximum absolute atomic E-state index is 14.0. The number of nitrogens with zero attached hydrogens (tertiary/aromatic N) is 3. The summed E-state index contributed by atoms with van der Waals surface area (Å²) in [7, 11) is 0. The van der Waals surface area contributed by atoms with E-state index < -0.39 is 23.8 Å². The van der Waals surface area contributed by atoms with Crippen molar-refractivity contribution in [3.8, 4) is 11.8 Å². The second-order valence-electron chi connectivity index (χ2n) is 15.3. The maximum Gasteiger partial charge on any atom is 0.408 e. The number of nitrogens with one attached hydrogen (secondary N) is 3. The number of hydrogen-bond acceptors (Lipinski definition) is 6. The number of rotatable bonds is 9. The molecule has 0 saturated carbocycles. The van der Waals surface area contributed by atoms with E-state index in [0.29, 0.717) is 36.6 Å². The molecule has 55 heavy (non-hydrogen) atoms. The Kier molecular flexibility index (Phi) is 12.0. The summed E-state index contributed by atoms with van der Waals surface area (Å²) in [5, 5.41) is 5.91. The molecule has 11 nitrogen and oxygen atoms in total. The monoisotopic (exact) mass is 742 g/mol. The third-order valence-electron chi connectivity index (χ3n) is 10.1. The molecule has 0 spiro atoms. The van der Waals surface area contributed by atoms with Gasteiger partial charge in [0.2, 0.25) is 11.8 Å². The van der Waals surface area contributed by atoms with Gasteiger partial charge in [-0.05, 0) is 95.0 Å². The number of aromatic nitrogens is 2. The summed E-state index contributed by atoms with van der Waals surface area (Å²) in [5.74, 6) is 6.24. The Bertz CT molecular complexity index is 2030. The minimum Gasteiger partial charge on any atom is -0.444 e. The van der Waals surface area contributed by atoms with E-state index in [2.05, 4.69) is 32.4 Å². The van der Waals surface area contributed by atoms with Gasteiger partial charge in [-0.15, -0.1) is 0 Å². The van der Waals surface area contributed by atoms with Crippen molar-refractivity contribution in [2.75, 3.05) is 13.1 Å². The standard InChI is InChI=1S/C44H50N6O5/c1-29(32-14-8-6-9-15-32)41(52)50-27-13-19-37(50)40(51)46-30(2)33-23-20-31(21-24-33)22-25-35-28-45-39(47-35)36-18-12-26-49(36)42(53)38(34-16-10-7-11-17-34)48-43(54)55-44(3,4)5/h6-11,14-17,20-21,23-24,28-30,36-38H,12-13,18-19,26-27H2,1-5H3,(H,45,47)(H,46,51)(H,48,54)/t29-,30-,36+,37+,38-/m1/s1. The van der Waals surface area contributed by atoms with E-state index >= 15 is 0 Å².